The molecule has 1 aromatic heterocycles. The number of amides is 1. The average molecular weight is 374 g/mol. The predicted octanol–water partition coefficient (Wildman–Crippen LogP) is 3.61. The monoisotopic (exact) mass is 374 g/mol. The van der Waals surface area contributed by atoms with Gasteiger partial charge in [0.15, 0.2) is 5.78 Å². The van der Waals surface area contributed by atoms with Crippen LogP contribution < -0.4 is 5.32 Å². The van der Waals surface area contributed by atoms with Crippen LogP contribution >= 0.6 is 11.3 Å². The van der Waals surface area contributed by atoms with Crippen molar-refractivity contribution >= 4 is 29.0 Å². The van der Waals surface area contributed by atoms with E-state index in [2.05, 4.69) is 10.3 Å². The number of thiazole rings is 1. The molecule has 2 aromatic rings. The van der Waals surface area contributed by atoms with E-state index in [4.69, 9.17) is 5.11 Å². The van der Waals surface area contributed by atoms with Gasteiger partial charge in [0, 0.05) is 18.4 Å². The zero-order valence-electron chi connectivity index (χ0n) is 15.3. The number of nitrogens with zero attached hydrogens (tertiary/aromatic N) is 1. The first-order valence-electron chi connectivity index (χ1n) is 8.29. The highest BCUT2D eigenvalue weighted by Crippen LogP contribution is 2.23. The minimum atomic E-state index is -1.02. The highest BCUT2D eigenvalue weighted by Gasteiger charge is 2.19. The maximum Gasteiger partial charge on any atom is 0.347 e. The van der Waals surface area contributed by atoms with Crippen molar-refractivity contribution in [1.29, 1.82) is 0 Å². The molecule has 0 aliphatic heterocycles. The molecule has 0 saturated carbocycles. The van der Waals surface area contributed by atoms with Crippen molar-refractivity contribution < 1.29 is 19.5 Å². The number of hydrogen-bond acceptors (Lipinski definition) is 5. The number of carboxylic acids is 1. The van der Waals surface area contributed by atoms with Crippen LogP contribution in [0.25, 0.3) is 0 Å². The molecule has 6 nitrogen and oxygen atoms in total. The molecule has 0 aliphatic carbocycles. The first kappa shape index (κ1) is 19.8. The number of nitrogens with one attached hydrogen (secondary N) is 1. The molecule has 0 bridgehead atoms. The molecule has 0 saturated heterocycles. The smallest absolute Gasteiger partial charge is 0.347 e. The Balaban J connectivity index is 1.94. The fourth-order valence-electron chi connectivity index (χ4n) is 2.57. The van der Waals surface area contributed by atoms with Crippen LogP contribution in [0.5, 0.6) is 0 Å². The van der Waals surface area contributed by atoms with Gasteiger partial charge >= 0.3 is 5.97 Å². The number of carbonyl (C=O) groups excluding carboxylic acids is 2. The molecule has 138 valence electrons. The van der Waals surface area contributed by atoms with Gasteiger partial charge in [-0.2, -0.15) is 0 Å². The van der Waals surface area contributed by atoms with Gasteiger partial charge in [-0.3, -0.25) is 9.59 Å². The molecule has 1 aromatic carbocycles. The number of aromatic nitrogens is 1. The number of rotatable bonds is 7. The van der Waals surface area contributed by atoms with E-state index in [0.29, 0.717) is 16.3 Å². The molecule has 2 N–H and O–H groups in total. The number of aromatic carboxylic acids is 1. The first-order chi connectivity index (χ1) is 12.2. The van der Waals surface area contributed by atoms with Crippen molar-refractivity contribution in [3.05, 3.63) is 50.5 Å². The maximum atomic E-state index is 12.3. The minimum Gasteiger partial charge on any atom is -0.477 e. The van der Waals surface area contributed by atoms with Gasteiger partial charge in [-0.05, 0) is 39.3 Å². The third kappa shape index (κ3) is 4.76. The van der Waals surface area contributed by atoms with Crippen molar-refractivity contribution in [3.8, 4) is 0 Å². The minimum absolute atomic E-state index is 0.0627. The van der Waals surface area contributed by atoms with Crippen molar-refractivity contribution in [1.82, 2.24) is 10.3 Å². The quantitative estimate of drug-likeness (QED) is 0.722. The van der Waals surface area contributed by atoms with Gasteiger partial charge in [0.2, 0.25) is 5.91 Å². The number of ketones is 1. The lowest BCUT2D eigenvalue weighted by Gasteiger charge is -2.11. The Morgan fingerprint density at radius 1 is 1.19 bits per heavy atom. The Kier molecular flexibility index (Phi) is 6.26. The van der Waals surface area contributed by atoms with Gasteiger partial charge in [0.05, 0.1) is 11.7 Å². The molecule has 7 heteroatoms. The second-order valence-corrected chi connectivity index (χ2v) is 7.33. The summed E-state index contributed by atoms with van der Waals surface area (Å²) in [6.07, 6.45) is 0.201. The third-order valence-electron chi connectivity index (χ3n) is 4.03. The Labute approximate surface area is 156 Å². The summed E-state index contributed by atoms with van der Waals surface area (Å²) in [5.41, 5.74) is 2.98. The third-order valence-corrected chi connectivity index (χ3v) is 5.36. The van der Waals surface area contributed by atoms with Crippen LogP contribution in [0, 0.1) is 20.8 Å². The second-order valence-electron chi connectivity index (χ2n) is 6.30. The van der Waals surface area contributed by atoms with Crippen molar-refractivity contribution in [2.45, 2.75) is 46.6 Å². The topological polar surface area (TPSA) is 96.4 Å². The number of carbonyl (C=O) groups is 3. The fourth-order valence-corrected chi connectivity index (χ4v) is 3.48. The maximum absolute atomic E-state index is 12.3. The first-order valence-corrected chi connectivity index (χ1v) is 9.11. The summed E-state index contributed by atoms with van der Waals surface area (Å²) in [5, 5.41) is 12.4. The SMILES string of the molecule is Cc1ccc(C)c(C(=O)CCC(=O)NC(C)c2nc(C)c(C(=O)O)s2)c1. The molecule has 1 amide bonds. The molecule has 1 atom stereocenters. The molecule has 2 rings (SSSR count). The van der Waals surface area contributed by atoms with E-state index >= 15 is 0 Å². The molecule has 1 heterocycles. The second kappa shape index (κ2) is 8.23. The normalized spacial score (nSPS) is 11.8. The number of benzene rings is 1. The largest absolute Gasteiger partial charge is 0.477 e. The lowest BCUT2D eigenvalue weighted by molar-refractivity contribution is -0.121. The van der Waals surface area contributed by atoms with Crippen LogP contribution in [0.1, 0.15) is 67.7 Å². The van der Waals surface area contributed by atoms with Crippen LogP contribution in [0.2, 0.25) is 0 Å². The van der Waals surface area contributed by atoms with E-state index in [9.17, 15) is 14.4 Å². The van der Waals surface area contributed by atoms with Crippen LogP contribution in [0.15, 0.2) is 18.2 Å². The van der Waals surface area contributed by atoms with Crippen LogP contribution in [-0.4, -0.2) is 27.8 Å². The highest BCUT2D eigenvalue weighted by molar-refractivity contribution is 7.13. The number of hydrogen-bond donors (Lipinski definition) is 2. The summed E-state index contributed by atoms with van der Waals surface area (Å²) in [4.78, 5) is 39.9. The van der Waals surface area contributed by atoms with Crippen LogP contribution in [-0.2, 0) is 4.79 Å². The van der Waals surface area contributed by atoms with Gasteiger partial charge in [-0.1, -0.05) is 17.7 Å². The lowest BCUT2D eigenvalue weighted by Crippen LogP contribution is -2.27. The molecule has 0 radical (unpaired) electrons. The van der Waals surface area contributed by atoms with E-state index in [-0.39, 0.29) is 29.4 Å². The standard InChI is InChI=1S/C19H22N2O4S/c1-10-5-6-11(2)14(9-10)15(22)7-8-16(23)20-13(4)18-21-12(3)17(26-18)19(24)25/h5-6,9,13H,7-8H2,1-4H3,(H,20,23)(H,24,25). The average Bonchev–Trinajstić information content (AvgIpc) is 2.97. The Morgan fingerprint density at radius 2 is 1.88 bits per heavy atom. The molecule has 0 aliphatic rings. The summed E-state index contributed by atoms with van der Waals surface area (Å²) in [6.45, 7) is 7.17. The number of aryl methyl sites for hydroxylation is 3. The van der Waals surface area contributed by atoms with E-state index in [0.717, 1.165) is 22.5 Å². The van der Waals surface area contributed by atoms with E-state index < -0.39 is 12.0 Å². The van der Waals surface area contributed by atoms with Crippen molar-refractivity contribution in [3.63, 3.8) is 0 Å². The number of Topliss-reactive ketones (excluding diaryl/α,β-unsaturated/α-hetero) is 1. The van der Waals surface area contributed by atoms with Gasteiger partial charge in [0.25, 0.3) is 0 Å². The Morgan fingerprint density at radius 3 is 2.50 bits per heavy atom. The van der Waals surface area contributed by atoms with Crippen molar-refractivity contribution in [2.24, 2.45) is 0 Å². The van der Waals surface area contributed by atoms with Gasteiger partial charge in [0.1, 0.15) is 9.88 Å². The van der Waals surface area contributed by atoms with Crippen LogP contribution in [0.3, 0.4) is 0 Å². The van der Waals surface area contributed by atoms with E-state index in [1.165, 1.54) is 0 Å². The zero-order chi connectivity index (χ0) is 19.4. The number of carboxylic acid groups (broad SMARTS) is 1. The van der Waals surface area contributed by atoms with Crippen LogP contribution in [0.4, 0.5) is 0 Å². The summed E-state index contributed by atoms with van der Waals surface area (Å²) >= 11 is 1.05. The summed E-state index contributed by atoms with van der Waals surface area (Å²) in [5.74, 6) is -1.35. The van der Waals surface area contributed by atoms with Gasteiger partial charge in [-0.25, -0.2) is 9.78 Å². The fraction of sp³-hybridized carbons (Fsp3) is 0.368. The summed E-state index contributed by atoms with van der Waals surface area (Å²) in [7, 11) is 0. The molecular weight excluding hydrogens is 352 g/mol. The van der Waals surface area contributed by atoms with E-state index in [1.807, 2.05) is 32.0 Å². The zero-order valence-corrected chi connectivity index (χ0v) is 16.1. The molecule has 0 fully saturated rings. The van der Waals surface area contributed by atoms with E-state index in [1.54, 1.807) is 13.8 Å². The molecule has 1 unspecified atom stereocenters. The highest BCUT2D eigenvalue weighted by atomic mass is 32.1. The molecular formula is C19H22N2O4S. The van der Waals surface area contributed by atoms with Gasteiger partial charge < -0.3 is 10.4 Å². The van der Waals surface area contributed by atoms with Crippen molar-refractivity contribution in [2.75, 3.05) is 0 Å². The Bertz CT molecular complexity index is 857. The lowest BCUT2D eigenvalue weighted by atomic mass is 9.99. The van der Waals surface area contributed by atoms with Gasteiger partial charge in [-0.15, -0.1) is 11.3 Å². The summed E-state index contributed by atoms with van der Waals surface area (Å²) in [6, 6.07) is 5.27. The molecule has 26 heavy (non-hydrogen) atoms. The summed E-state index contributed by atoms with van der Waals surface area (Å²) < 4.78 is 0. The predicted molar refractivity (Wildman–Crippen MR) is 99.8 cm³/mol. The molecule has 0 spiro atoms. The Hall–Kier alpha value is -2.54.